The molecule has 5 rings (SSSR count). The summed E-state index contributed by atoms with van der Waals surface area (Å²) in [6.45, 7) is 5.20. The van der Waals surface area contributed by atoms with Crippen LogP contribution in [0.4, 0.5) is 0 Å². The SMILES string of the molecule is Cc1ccc(C(=O)NC2CC2)cc1-c1ccc2c(CN3CCCC3)noc2c1. The normalized spacial score (nSPS) is 17.3. The number of aryl methyl sites for hydroxylation is 1. The first-order valence-corrected chi connectivity index (χ1v) is 10.2. The van der Waals surface area contributed by atoms with Gasteiger partial charge in [-0.15, -0.1) is 0 Å². The summed E-state index contributed by atoms with van der Waals surface area (Å²) in [5, 5.41) is 8.46. The summed E-state index contributed by atoms with van der Waals surface area (Å²) in [6, 6.07) is 12.5. The minimum absolute atomic E-state index is 0.0115. The van der Waals surface area contributed by atoms with E-state index in [9.17, 15) is 4.79 Å². The van der Waals surface area contributed by atoms with Gasteiger partial charge < -0.3 is 9.84 Å². The van der Waals surface area contributed by atoms with E-state index in [-0.39, 0.29) is 5.91 Å². The summed E-state index contributed by atoms with van der Waals surface area (Å²) in [5.41, 5.74) is 5.77. The number of carbonyl (C=O) groups is 1. The highest BCUT2D eigenvalue weighted by Gasteiger charge is 2.24. The van der Waals surface area contributed by atoms with Gasteiger partial charge in [-0.2, -0.15) is 0 Å². The maximum atomic E-state index is 12.4. The van der Waals surface area contributed by atoms with Crippen molar-refractivity contribution < 1.29 is 9.32 Å². The Kier molecular flexibility index (Phi) is 4.40. The third-order valence-corrected chi connectivity index (χ3v) is 5.84. The molecule has 1 aromatic heterocycles. The molecule has 1 saturated heterocycles. The molecular formula is C23H25N3O2. The fourth-order valence-corrected chi connectivity index (χ4v) is 3.99. The highest BCUT2D eigenvalue weighted by atomic mass is 16.5. The Morgan fingerprint density at radius 3 is 2.79 bits per heavy atom. The van der Waals surface area contributed by atoms with Crippen LogP contribution in [0.15, 0.2) is 40.9 Å². The predicted molar refractivity (Wildman–Crippen MR) is 109 cm³/mol. The largest absolute Gasteiger partial charge is 0.356 e. The van der Waals surface area contributed by atoms with Gasteiger partial charge >= 0.3 is 0 Å². The van der Waals surface area contributed by atoms with Crippen molar-refractivity contribution in [3.63, 3.8) is 0 Å². The summed E-state index contributed by atoms with van der Waals surface area (Å²) >= 11 is 0. The number of nitrogens with one attached hydrogen (secondary N) is 1. The van der Waals surface area contributed by atoms with Gasteiger partial charge in [-0.1, -0.05) is 17.3 Å². The van der Waals surface area contributed by atoms with Crippen LogP contribution in [0.5, 0.6) is 0 Å². The minimum atomic E-state index is 0.0115. The van der Waals surface area contributed by atoms with Crippen LogP contribution in [0.3, 0.4) is 0 Å². The Balaban J connectivity index is 1.44. The molecule has 1 aliphatic heterocycles. The van der Waals surface area contributed by atoms with Crippen molar-refractivity contribution in [3.8, 4) is 11.1 Å². The summed E-state index contributed by atoms with van der Waals surface area (Å²) in [7, 11) is 0. The first-order chi connectivity index (χ1) is 13.7. The van der Waals surface area contributed by atoms with E-state index in [2.05, 4.69) is 34.4 Å². The van der Waals surface area contributed by atoms with Gasteiger partial charge in [0.15, 0.2) is 5.58 Å². The third-order valence-electron chi connectivity index (χ3n) is 5.84. The lowest BCUT2D eigenvalue weighted by Crippen LogP contribution is -2.25. The number of rotatable bonds is 5. The van der Waals surface area contributed by atoms with Crippen LogP contribution in [0.25, 0.3) is 22.1 Å². The highest BCUT2D eigenvalue weighted by molar-refractivity contribution is 5.96. The molecule has 3 aromatic rings. The molecular weight excluding hydrogens is 350 g/mol. The molecule has 0 bridgehead atoms. The van der Waals surface area contributed by atoms with Crippen LogP contribution in [0.1, 0.15) is 47.3 Å². The molecule has 144 valence electrons. The fraction of sp³-hybridized carbons (Fsp3) is 0.391. The van der Waals surface area contributed by atoms with Crippen molar-refractivity contribution in [1.82, 2.24) is 15.4 Å². The number of amides is 1. The first kappa shape index (κ1) is 17.4. The van der Waals surface area contributed by atoms with Crippen molar-refractivity contribution in [2.24, 2.45) is 0 Å². The van der Waals surface area contributed by atoms with Gasteiger partial charge in [0, 0.05) is 23.5 Å². The van der Waals surface area contributed by atoms with Crippen LogP contribution in [-0.4, -0.2) is 35.1 Å². The number of aromatic nitrogens is 1. The van der Waals surface area contributed by atoms with E-state index in [1.807, 2.05) is 24.3 Å². The van der Waals surface area contributed by atoms with E-state index in [0.29, 0.717) is 11.6 Å². The van der Waals surface area contributed by atoms with Gasteiger partial charge in [0.2, 0.25) is 0 Å². The molecule has 1 amide bonds. The van der Waals surface area contributed by atoms with E-state index >= 15 is 0 Å². The predicted octanol–water partition coefficient (Wildman–Crippen LogP) is 4.29. The zero-order chi connectivity index (χ0) is 19.1. The average Bonchev–Trinajstić information content (AvgIpc) is 3.21. The summed E-state index contributed by atoms with van der Waals surface area (Å²) in [4.78, 5) is 14.9. The molecule has 2 heterocycles. The van der Waals surface area contributed by atoms with Crippen LogP contribution in [-0.2, 0) is 6.54 Å². The van der Waals surface area contributed by atoms with E-state index in [0.717, 1.165) is 65.8 Å². The van der Waals surface area contributed by atoms with E-state index in [4.69, 9.17) is 4.52 Å². The lowest BCUT2D eigenvalue weighted by Gasteiger charge is -2.12. The third kappa shape index (κ3) is 3.42. The molecule has 5 heteroatoms. The Bertz CT molecular complexity index is 1030. The minimum Gasteiger partial charge on any atom is -0.356 e. The van der Waals surface area contributed by atoms with Crippen molar-refractivity contribution in [2.45, 2.75) is 45.2 Å². The molecule has 0 radical (unpaired) electrons. The summed E-state index contributed by atoms with van der Waals surface area (Å²) < 4.78 is 5.64. The molecule has 1 aliphatic carbocycles. The van der Waals surface area contributed by atoms with Crippen molar-refractivity contribution in [2.75, 3.05) is 13.1 Å². The first-order valence-electron chi connectivity index (χ1n) is 10.2. The highest BCUT2D eigenvalue weighted by Crippen LogP contribution is 2.30. The molecule has 0 unspecified atom stereocenters. The van der Waals surface area contributed by atoms with Gasteiger partial charge in [-0.3, -0.25) is 9.69 Å². The summed E-state index contributed by atoms with van der Waals surface area (Å²) in [6.07, 6.45) is 4.71. The van der Waals surface area contributed by atoms with Gasteiger partial charge in [0.25, 0.3) is 5.91 Å². The van der Waals surface area contributed by atoms with Crippen molar-refractivity contribution in [3.05, 3.63) is 53.2 Å². The number of fused-ring (bicyclic) bond motifs is 1. The quantitative estimate of drug-likeness (QED) is 0.723. The Morgan fingerprint density at radius 2 is 2.00 bits per heavy atom. The molecule has 2 aliphatic rings. The van der Waals surface area contributed by atoms with Crippen LogP contribution in [0.2, 0.25) is 0 Å². The monoisotopic (exact) mass is 375 g/mol. The zero-order valence-corrected chi connectivity index (χ0v) is 16.2. The number of carbonyl (C=O) groups excluding carboxylic acids is 1. The number of benzene rings is 2. The number of hydrogen-bond acceptors (Lipinski definition) is 4. The van der Waals surface area contributed by atoms with Gasteiger partial charge in [-0.05, 0) is 86.7 Å². The second-order valence-corrected chi connectivity index (χ2v) is 8.10. The number of likely N-dealkylation sites (tertiary alicyclic amines) is 1. The Hall–Kier alpha value is -2.66. The molecule has 0 atom stereocenters. The maximum Gasteiger partial charge on any atom is 0.251 e. The van der Waals surface area contributed by atoms with E-state index < -0.39 is 0 Å². The molecule has 0 spiro atoms. The van der Waals surface area contributed by atoms with E-state index in [1.54, 1.807) is 0 Å². The topological polar surface area (TPSA) is 58.4 Å². The smallest absolute Gasteiger partial charge is 0.251 e. The molecule has 28 heavy (non-hydrogen) atoms. The molecule has 1 saturated carbocycles. The van der Waals surface area contributed by atoms with Crippen molar-refractivity contribution >= 4 is 16.9 Å². The van der Waals surface area contributed by atoms with Gasteiger partial charge in [0.05, 0.1) is 0 Å². The Labute approximate surface area is 164 Å². The second kappa shape index (κ2) is 7.06. The second-order valence-electron chi connectivity index (χ2n) is 8.10. The van der Waals surface area contributed by atoms with Gasteiger partial charge in [0.1, 0.15) is 5.69 Å². The lowest BCUT2D eigenvalue weighted by molar-refractivity contribution is 0.0951. The van der Waals surface area contributed by atoms with Crippen LogP contribution in [0, 0.1) is 6.92 Å². The van der Waals surface area contributed by atoms with Crippen molar-refractivity contribution in [1.29, 1.82) is 0 Å². The zero-order valence-electron chi connectivity index (χ0n) is 16.2. The summed E-state index contributed by atoms with van der Waals surface area (Å²) in [5.74, 6) is 0.0115. The Morgan fingerprint density at radius 1 is 1.18 bits per heavy atom. The average molecular weight is 375 g/mol. The van der Waals surface area contributed by atoms with Gasteiger partial charge in [-0.25, -0.2) is 0 Å². The van der Waals surface area contributed by atoms with Crippen LogP contribution >= 0.6 is 0 Å². The fourth-order valence-electron chi connectivity index (χ4n) is 3.99. The van der Waals surface area contributed by atoms with E-state index in [1.165, 1.54) is 12.8 Å². The van der Waals surface area contributed by atoms with Crippen LogP contribution < -0.4 is 5.32 Å². The number of hydrogen-bond donors (Lipinski definition) is 1. The molecule has 2 fully saturated rings. The standard InChI is InChI=1S/C23H25N3O2/c1-15-4-5-17(23(27)24-18-7-8-18)12-20(15)16-6-9-19-21(25-28-22(19)13-16)14-26-10-2-3-11-26/h4-6,9,12-13,18H,2-3,7-8,10-11,14H2,1H3,(H,24,27). The molecule has 1 N–H and O–H groups in total. The number of nitrogens with zero attached hydrogens (tertiary/aromatic N) is 2. The maximum absolute atomic E-state index is 12.4. The lowest BCUT2D eigenvalue weighted by atomic mass is 9.97. The molecule has 5 nitrogen and oxygen atoms in total. The molecule has 2 aromatic carbocycles.